The number of hydrogen-bond donors (Lipinski definition) is 0. The number of allylic oxidation sites excluding steroid dienone is 1. The van der Waals surface area contributed by atoms with Crippen molar-refractivity contribution in [3.63, 3.8) is 0 Å². The quantitative estimate of drug-likeness (QED) is 0.778. The third-order valence-corrected chi connectivity index (χ3v) is 3.63. The van der Waals surface area contributed by atoms with Gasteiger partial charge in [-0.2, -0.15) is 0 Å². The molecule has 0 saturated carbocycles. The summed E-state index contributed by atoms with van der Waals surface area (Å²) >= 11 is 5.21. The zero-order chi connectivity index (χ0) is 9.52. The van der Waals surface area contributed by atoms with E-state index < -0.39 is 0 Å². The van der Waals surface area contributed by atoms with Gasteiger partial charge in [-0.3, -0.25) is 0 Å². The van der Waals surface area contributed by atoms with Crippen molar-refractivity contribution in [3.05, 3.63) is 45.8 Å². The molecule has 0 radical (unpaired) electrons. The van der Waals surface area contributed by atoms with Gasteiger partial charge in [-0.15, -0.1) is 11.8 Å². The van der Waals surface area contributed by atoms with E-state index in [-0.39, 0.29) is 0 Å². The molecule has 0 aliphatic rings. The Labute approximate surface area is 92.6 Å². The van der Waals surface area contributed by atoms with Crippen molar-refractivity contribution in [2.75, 3.05) is 6.26 Å². The van der Waals surface area contributed by atoms with Crippen molar-refractivity contribution in [2.24, 2.45) is 0 Å². The van der Waals surface area contributed by atoms with Gasteiger partial charge in [0.25, 0.3) is 0 Å². The van der Waals surface area contributed by atoms with Crippen LogP contribution in [-0.2, 0) is 6.42 Å². The fraction of sp³-hybridized carbons (Fsp3) is 0.273. The predicted octanol–water partition coefficient (Wildman–Crippen LogP) is 4.22. The molecule has 0 bridgehead atoms. The van der Waals surface area contributed by atoms with Crippen molar-refractivity contribution in [3.8, 4) is 0 Å². The molecule has 13 heavy (non-hydrogen) atoms. The summed E-state index contributed by atoms with van der Waals surface area (Å²) in [5.41, 5.74) is 1.40. The van der Waals surface area contributed by atoms with Gasteiger partial charge in [0.1, 0.15) is 0 Å². The minimum Gasteiger partial charge on any atom is -0.122 e. The first-order valence-corrected chi connectivity index (χ1v) is 6.28. The molecule has 0 atom stereocenters. The molecule has 70 valence electrons. The summed E-state index contributed by atoms with van der Waals surface area (Å²) in [5, 5.41) is 0. The van der Waals surface area contributed by atoms with E-state index >= 15 is 0 Å². The highest BCUT2D eigenvalue weighted by Crippen LogP contribution is 2.19. The fourth-order valence-corrected chi connectivity index (χ4v) is 1.59. The number of thioether (sulfide) groups is 1. The first kappa shape index (κ1) is 10.9. The van der Waals surface area contributed by atoms with Crippen LogP contribution in [0.4, 0.5) is 0 Å². The third kappa shape index (κ3) is 4.53. The monoisotopic (exact) mass is 256 g/mol. The number of halogens is 1. The molecule has 0 aliphatic heterocycles. The summed E-state index contributed by atoms with van der Waals surface area (Å²) in [6, 6.07) is 10.6. The van der Waals surface area contributed by atoms with E-state index in [2.05, 4.69) is 58.6 Å². The lowest BCUT2D eigenvalue weighted by atomic mass is 10.1. The van der Waals surface area contributed by atoms with Crippen molar-refractivity contribution in [1.29, 1.82) is 0 Å². The first-order valence-electron chi connectivity index (χ1n) is 4.26. The second-order valence-corrected chi connectivity index (χ2v) is 4.96. The fourth-order valence-electron chi connectivity index (χ4n) is 1.08. The van der Waals surface area contributed by atoms with E-state index in [1.54, 1.807) is 11.8 Å². The summed E-state index contributed by atoms with van der Waals surface area (Å²) < 4.78 is 1.23. The molecular formula is C11H13BrS. The molecular weight excluding hydrogens is 244 g/mol. The highest BCUT2D eigenvalue weighted by atomic mass is 79.9. The van der Waals surface area contributed by atoms with Gasteiger partial charge < -0.3 is 0 Å². The van der Waals surface area contributed by atoms with Gasteiger partial charge in [0.2, 0.25) is 0 Å². The summed E-state index contributed by atoms with van der Waals surface area (Å²) in [6.45, 7) is 0. The molecule has 0 aromatic heterocycles. The molecule has 0 nitrogen and oxygen atoms in total. The van der Waals surface area contributed by atoms with E-state index in [0.717, 1.165) is 12.8 Å². The molecule has 0 amide bonds. The van der Waals surface area contributed by atoms with Crippen LogP contribution in [0.15, 0.2) is 40.2 Å². The third-order valence-electron chi connectivity index (χ3n) is 1.78. The van der Waals surface area contributed by atoms with Gasteiger partial charge in [0.05, 0.1) is 0 Å². The maximum Gasteiger partial charge on any atom is 0.0460 e. The van der Waals surface area contributed by atoms with Crippen LogP contribution in [0.25, 0.3) is 0 Å². The highest BCUT2D eigenvalue weighted by Gasteiger charge is 1.90. The standard InChI is InChI=1S/C11H13BrS/c1-13-11(12)9-5-8-10-6-3-2-4-7-10/h2-4,6-7,9H,5,8H2,1H3/b11-9-. The molecule has 2 heteroatoms. The SMILES string of the molecule is CS/C(Br)=C\CCc1ccccc1. The average Bonchev–Trinajstić information content (AvgIpc) is 2.19. The molecule has 0 spiro atoms. The summed E-state index contributed by atoms with van der Waals surface area (Å²) in [4.78, 5) is 0. The highest BCUT2D eigenvalue weighted by molar-refractivity contribution is 9.14. The maximum absolute atomic E-state index is 3.47. The predicted molar refractivity (Wildman–Crippen MR) is 65.3 cm³/mol. The number of aryl methyl sites for hydroxylation is 1. The zero-order valence-electron chi connectivity index (χ0n) is 7.66. The van der Waals surface area contributed by atoms with Crippen LogP contribution < -0.4 is 0 Å². The maximum atomic E-state index is 3.47. The summed E-state index contributed by atoms with van der Waals surface area (Å²) in [7, 11) is 0. The van der Waals surface area contributed by atoms with Crippen molar-refractivity contribution >= 4 is 27.7 Å². The van der Waals surface area contributed by atoms with Crippen molar-refractivity contribution in [2.45, 2.75) is 12.8 Å². The lowest BCUT2D eigenvalue weighted by molar-refractivity contribution is 1.00. The average molecular weight is 257 g/mol. The minimum absolute atomic E-state index is 1.10. The molecule has 1 rings (SSSR count). The Morgan fingerprint density at radius 3 is 2.69 bits per heavy atom. The Balaban J connectivity index is 2.36. The Bertz CT molecular complexity index is 267. The van der Waals surface area contributed by atoms with Gasteiger partial charge in [-0.1, -0.05) is 36.4 Å². The van der Waals surface area contributed by atoms with Crippen LogP contribution in [0.5, 0.6) is 0 Å². The van der Waals surface area contributed by atoms with Gasteiger partial charge in [-0.25, -0.2) is 0 Å². The van der Waals surface area contributed by atoms with Gasteiger partial charge in [0, 0.05) is 3.81 Å². The van der Waals surface area contributed by atoms with Crippen LogP contribution in [-0.4, -0.2) is 6.26 Å². The van der Waals surface area contributed by atoms with E-state index in [9.17, 15) is 0 Å². The van der Waals surface area contributed by atoms with E-state index in [0.29, 0.717) is 0 Å². The molecule has 0 fully saturated rings. The lowest BCUT2D eigenvalue weighted by Crippen LogP contribution is -1.81. The summed E-state index contributed by atoms with van der Waals surface area (Å²) in [5.74, 6) is 0. The molecule has 0 N–H and O–H groups in total. The molecule has 0 heterocycles. The Hall–Kier alpha value is -0.210. The van der Waals surface area contributed by atoms with Gasteiger partial charge in [-0.05, 0) is 40.6 Å². The Kier molecular flexibility index (Phi) is 5.25. The van der Waals surface area contributed by atoms with Crippen molar-refractivity contribution in [1.82, 2.24) is 0 Å². The molecule has 0 aliphatic carbocycles. The van der Waals surface area contributed by atoms with Crippen LogP contribution in [0, 0.1) is 0 Å². The topological polar surface area (TPSA) is 0 Å². The normalized spacial score (nSPS) is 11.7. The number of benzene rings is 1. The van der Waals surface area contributed by atoms with Crippen LogP contribution in [0.1, 0.15) is 12.0 Å². The second kappa shape index (κ2) is 6.28. The van der Waals surface area contributed by atoms with E-state index in [4.69, 9.17) is 0 Å². The second-order valence-electron chi connectivity index (χ2n) is 2.74. The zero-order valence-corrected chi connectivity index (χ0v) is 10.1. The smallest absolute Gasteiger partial charge is 0.0460 e. The van der Waals surface area contributed by atoms with Gasteiger partial charge in [0.15, 0.2) is 0 Å². The van der Waals surface area contributed by atoms with Crippen LogP contribution in [0.3, 0.4) is 0 Å². The van der Waals surface area contributed by atoms with Crippen LogP contribution in [0.2, 0.25) is 0 Å². The molecule has 0 unspecified atom stereocenters. The first-order chi connectivity index (χ1) is 6.33. The minimum atomic E-state index is 1.10. The Morgan fingerprint density at radius 1 is 1.38 bits per heavy atom. The van der Waals surface area contributed by atoms with E-state index in [1.165, 1.54) is 9.38 Å². The molecule has 1 aromatic rings. The number of hydrogen-bond acceptors (Lipinski definition) is 1. The summed E-state index contributed by atoms with van der Waals surface area (Å²) in [6.07, 6.45) is 6.52. The Morgan fingerprint density at radius 2 is 2.08 bits per heavy atom. The molecule has 0 saturated heterocycles. The molecule has 1 aromatic carbocycles. The van der Waals surface area contributed by atoms with E-state index in [1.807, 2.05) is 0 Å². The van der Waals surface area contributed by atoms with Gasteiger partial charge >= 0.3 is 0 Å². The van der Waals surface area contributed by atoms with Crippen molar-refractivity contribution < 1.29 is 0 Å². The lowest BCUT2D eigenvalue weighted by Gasteiger charge is -1.97. The largest absolute Gasteiger partial charge is 0.122 e. The van der Waals surface area contributed by atoms with Crippen LogP contribution >= 0.6 is 27.7 Å². The number of rotatable bonds is 4.